The zero-order valence-corrected chi connectivity index (χ0v) is 15.1. The maximum absolute atomic E-state index is 13.5. The fraction of sp³-hybridized carbons (Fsp3) is 0.600. The van der Waals surface area contributed by atoms with Gasteiger partial charge in [0.2, 0.25) is 0 Å². The molecule has 0 unspecified atom stereocenters. The molecule has 2 aromatic rings. The van der Waals surface area contributed by atoms with Gasteiger partial charge in [0, 0.05) is 23.7 Å². The molecule has 0 spiro atoms. The second kappa shape index (κ2) is 7.43. The number of hydrogen-bond acceptors (Lipinski definition) is 4. The Morgan fingerprint density at radius 2 is 2.04 bits per heavy atom. The average molecular weight is 361 g/mol. The zero-order valence-electron chi connectivity index (χ0n) is 15.1. The number of likely N-dealkylation sites (tertiary alicyclic amines) is 1. The number of fused-ring (bicyclic) bond motifs is 1. The van der Waals surface area contributed by atoms with Gasteiger partial charge in [-0.3, -0.25) is 0 Å². The van der Waals surface area contributed by atoms with Crippen molar-refractivity contribution < 1.29 is 13.3 Å². The second-order valence-electron chi connectivity index (χ2n) is 7.61. The third kappa shape index (κ3) is 3.52. The van der Waals surface area contributed by atoms with E-state index in [1.54, 1.807) is 13.0 Å². The fourth-order valence-electron chi connectivity index (χ4n) is 4.33. The van der Waals surface area contributed by atoms with Crippen LogP contribution >= 0.6 is 0 Å². The Kier molecular flexibility index (Phi) is 5.02. The molecule has 4 rings (SSSR count). The monoisotopic (exact) mass is 361 g/mol. The molecular weight excluding hydrogens is 336 g/mol. The normalized spacial score (nSPS) is 22.5. The Morgan fingerprint density at radius 3 is 2.73 bits per heavy atom. The number of piperidine rings is 1. The van der Waals surface area contributed by atoms with E-state index < -0.39 is 6.43 Å². The van der Waals surface area contributed by atoms with Crippen molar-refractivity contribution >= 4 is 11.1 Å². The summed E-state index contributed by atoms with van der Waals surface area (Å²) in [4.78, 5) is 7.03. The highest BCUT2D eigenvalue weighted by molar-refractivity contribution is 5.80. The fourth-order valence-corrected chi connectivity index (χ4v) is 4.33. The van der Waals surface area contributed by atoms with Crippen molar-refractivity contribution in [3.05, 3.63) is 35.2 Å². The molecule has 6 heteroatoms. The van der Waals surface area contributed by atoms with Crippen molar-refractivity contribution in [3.63, 3.8) is 0 Å². The van der Waals surface area contributed by atoms with Crippen molar-refractivity contribution in [2.75, 3.05) is 19.6 Å². The van der Waals surface area contributed by atoms with Crippen LogP contribution in [0.15, 0.2) is 22.7 Å². The lowest BCUT2D eigenvalue weighted by molar-refractivity contribution is 0.152. The Labute approximate surface area is 152 Å². The zero-order chi connectivity index (χ0) is 18.1. The number of pyridine rings is 1. The van der Waals surface area contributed by atoms with Gasteiger partial charge in [-0.1, -0.05) is 17.3 Å². The molecule has 0 N–H and O–H groups in total. The first-order valence-electron chi connectivity index (χ1n) is 9.54. The van der Waals surface area contributed by atoms with Crippen LogP contribution in [0.5, 0.6) is 0 Å². The number of halogens is 2. The molecule has 0 aromatic carbocycles. The first kappa shape index (κ1) is 17.6. The van der Waals surface area contributed by atoms with Gasteiger partial charge in [-0.25, -0.2) is 13.8 Å². The van der Waals surface area contributed by atoms with Gasteiger partial charge in [-0.2, -0.15) is 0 Å². The Balaban J connectivity index is 1.46. The smallest absolute Gasteiger partial charge is 0.264 e. The van der Waals surface area contributed by atoms with Crippen molar-refractivity contribution in [3.8, 4) is 0 Å². The van der Waals surface area contributed by atoms with Crippen LogP contribution in [0.1, 0.15) is 61.4 Å². The van der Waals surface area contributed by atoms with Crippen LogP contribution in [0.2, 0.25) is 0 Å². The maximum atomic E-state index is 13.5. The lowest BCUT2D eigenvalue weighted by Crippen LogP contribution is -2.37. The van der Waals surface area contributed by atoms with Gasteiger partial charge >= 0.3 is 0 Å². The SMILES string of the molecule is Cc1noc2nc(C3CCN(C[C@@H]4CC=CCC4)CC3)cc(C(F)F)c12. The second-order valence-corrected chi connectivity index (χ2v) is 7.61. The number of aromatic nitrogens is 2. The van der Waals surface area contributed by atoms with E-state index in [1.165, 1.54) is 19.3 Å². The molecule has 1 aliphatic carbocycles. The summed E-state index contributed by atoms with van der Waals surface area (Å²) in [5, 5.41) is 4.18. The van der Waals surface area contributed by atoms with Crippen LogP contribution in [-0.4, -0.2) is 34.7 Å². The molecule has 0 saturated carbocycles. The summed E-state index contributed by atoms with van der Waals surface area (Å²) in [6.07, 6.45) is 7.59. The molecule has 4 nitrogen and oxygen atoms in total. The number of allylic oxidation sites excluding steroid dienone is 2. The Morgan fingerprint density at radius 1 is 1.23 bits per heavy atom. The molecule has 1 atom stereocenters. The van der Waals surface area contributed by atoms with Crippen molar-refractivity contribution in [1.29, 1.82) is 0 Å². The van der Waals surface area contributed by atoms with Gasteiger partial charge in [0.25, 0.3) is 12.1 Å². The van der Waals surface area contributed by atoms with Gasteiger partial charge in [0.05, 0.1) is 11.1 Å². The van der Waals surface area contributed by atoms with Gasteiger partial charge in [0.1, 0.15) is 0 Å². The highest BCUT2D eigenvalue weighted by Crippen LogP contribution is 2.35. The Bertz CT molecular complexity index is 794. The summed E-state index contributed by atoms with van der Waals surface area (Å²) in [6, 6.07) is 1.57. The number of nitrogens with zero attached hydrogens (tertiary/aromatic N) is 3. The average Bonchev–Trinajstić information content (AvgIpc) is 3.03. The van der Waals surface area contributed by atoms with E-state index >= 15 is 0 Å². The molecule has 2 aliphatic rings. The maximum Gasteiger partial charge on any atom is 0.264 e. The van der Waals surface area contributed by atoms with E-state index in [0.29, 0.717) is 11.1 Å². The predicted molar refractivity (Wildman–Crippen MR) is 96.4 cm³/mol. The van der Waals surface area contributed by atoms with Gasteiger partial charge < -0.3 is 9.42 Å². The van der Waals surface area contributed by atoms with Gasteiger partial charge in [0.15, 0.2) is 0 Å². The lowest BCUT2D eigenvalue weighted by Gasteiger charge is -2.34. The van der Waals surface area contributed by atoms with E-state index in [1.807, 2.05) is 0 Å². The van der Waals surface area contributed by atoms with E-state index in [9.17, 15) is 8.78 Å². The highest BCUT2D eigenvalue weighted by atomic mass is 19.3. The molecule has 26 heavy (non-hydrogen) atoms. The topological polar surface area (TPSA) is 42.2 Å². The number of hydrogen-bond donors (Lipinski definition) is 0. The molecule has 140 valence electrons. The first-order chi connectivity index (χ1) is 12.6. The van der Waals surface area contributed by atoms with Gasteiger partial charge in [-0.15, -0.1) is 0 Å². The van der Waals surface area contributed by atoms with E-state index in [0.717, 1.165) is 44.1 Å². The summed E-state index contributed by atoms with van der Waals surface area (Å²) in [7, 11) is 0. The molecule has 0 radical (unpaired) electrons. The standard InChI is InChI=1S/C20H25F2N3O/c1-13-18-16(19(21)22)11-17(23-20(18)26-24-13)15-7-9-25(10-8-15)12-14-5-3-2-4-6-14/h2-3,11,14-15,19H,4-10,12H2,1H3/t14-/m1/s1. The molecular formula is C20H25F2N3O. The first-order valence-corrected chi connectivity index (χ1v) is 9.54. The number of aryl methyl sites for hydroxylation is 1. The third-order valence-electron chi connectivity index (χ3n) is 5.80. The van der Waals surface area contributed by atoms with E-state index in [2.05, 4.69) is 27.2 Å². The van der Waals surface area contributed by atoms with E-state index in [4.69, 9.17) is 4.52 Å². The van der Waals surface area contributed by atoms with Crippen molar-refractivity contribution in [2.45, 2.75) is 51.4 Å². The highest BCUT2D eigenvalue weighted by Gasteiger charge is 2.27. The van der Waals surface area contributed by atoms with E-state index in [-0.39, 0.29) is 17.2 Å². The minimum Gasteiger partial charge on any atom is -0.336 e. The summed E-state index contributed by atoms with van der Waals surface area (Å²) in [5.74, 6) is 0.971. The molecule has 1 aliphatic heterocycles. The Hall–Kier alpha value is -1.82. The molecule has 3 heterocycles. The van der Waals surface area contributed by atoms with Crippen LogP contribution in [0.3, 0.4) is 0 Å². The summed E-state index contributed by atoms with van der Waals surface area (Å²) < 4.78 is 32.2. The third-order valence-corrected chi connectivity index (χ3v) is 5.80. The quantitative estimate of drug-likeness (QED) is 0.718. The summed E-state index contributed by atoms with van der Waals surface area (Å²) in [6.45, 7) is 4.83. The molecule has 0 bridgehead atoms. The largest absolute Gasteiger partial charge is 0.336 e. The van der Waals surface area contributed by atoms with Crippen LogP contribution in [0, 0.1) is 12.8 Å². The summed E-state index contributed by atoms with van der Waals surface area (Å²) >= 11 is 0. The van der Waals surface area contributed by atoms with Crippen molar-refractivity contribution in [2.24, 2.45) is 5.92 Å². The summed E-state index contributed by atoms with van der Waals surface area (Å²) in [5.41, 5.74) is 1.45. The minimum absolute atomic E-state index is 0.000160. The number of rotatable bonds is 4. The molecule has 1 saturated heterocycles. The predicted octanol–water partition coefficient (Wildman–Crippen LogP) is 5.00. The van der Waals surface area contributed by atoms with Crippen LogP contribution in [0.4, 0.5) is 8.78 Å². The van der Waals surface area contributed by atoms with Crippen molar-refractivity contribution in [1.82, 2.24) is 15.0 Å². The van der Waals surface area contributed by atoms with Crippen LogP contribution in [-0.2, 0) is 0 Å². The molecule has 2 aromatic heterocycles. The molecule has 0 amide bonds. The minimum atomic E-state index is -2.54. The van der Waals surface area contributed by atoms with Crippen LogP contribution in [0.25, 0.3) is 11.1 Å². The van der Waals surface area contributed by atoms with Gasteiger partial charge in [-0.05, 0) is 64.1 Å². The number of alkyl halides is 2. The molecule has 1 fully saturated rings. The van der Waals surface area contributed by atoms with Crippen LogP contribution < -0.4 is 0 Å². The lowest BCUT2D eigenvalue weighted by atomic mass is 9.89.